The lowest BCUT2D eigenvalue weighted by Crippen LogP contribution is -2.33. The second-order valence-electron chi connectivity index (χ2n) is 5.72. The summed E-state index contributed by atoms with van der Waals surface area (Å²) in [6.45, 7) is 1.45. The van der Waals surface area contributed by atoms with Crippen molar-refractivity contribution < 1.29 is 9.47 Å². The van der Waals surface area contributed by atoms with Gasteiger partial charge >= 0.3 is 0 Å². The molecule has 0 atom stereocenters. The maximum Gasteiger partial charge on any atom is 0.188 e. The normalized spacial score (nSPS) is 11.2. The number of methoxy groups -OCH3 is 2. The zero-order chi connectivity index (χ0) is 17.9. The van der Waals surface area contributed by atoms with Gasteiger partial charge in [0.15, 0.2) is 17.5 Å². The summed E-state index contributed by atoms with van der Waals surface area (Å²) in [6.07, 6.45) is 2.84. The van der Waals surface area contributed by atoms with Crippen LogP contribution in [-0.4, -0.2) is 33.3 Å². The van der Waals surface area contributed by atoms with Gasteiger partial charge in [-0.1, -0.05) is 36.4 Å². The van der Waals surface area contributed by atoms with Crippen LogP contribution in [0.5, 0.6) is 11.5 Å². The summed E-state index contributed by atoms with van der Waals surface area (Å²) in [6, 6.07) is 16.3. The van der Waals surface area contributed by atoms with Crippen LogP contribution < -0.4 is 20.5 Å². The molecule has 5 nitrogen and oxygen atoms in total. The van der Waals surface area contributed by atoms with E-state index in [-0.39, 0.29) is 0 Å². The highest BCUT2D eigenvalue weighted by Crippen LogP contribution is 2.27. The Balaban J connectivity index is 1.70. The third kappa shape index (κ3) is 6.37. The maximum absolute atomic E-state index is 5.91. The standard InChI is InChI=1S/C20H27N3O2/c1-24-18-11-10-17(15-19(18)25-2)12-14-23-20(21)22-13-6-9-16-7-4-3-5-8-16/h3-5,7-8,10-11,15H,6,9,12-14H2,1-2H3,(H3,21,22,23). The van der Waals surface area contributed by atoms with Gasteiger partial charge in [-0.2, -0.15) is 0 Å². The van der Waals surface area contributed by atoms with E-state index < -0.39 is 0 Å². The van der Waals surface area contributed by atoms with Crippen LogP contribution in [0.15, 0.2) is 53.5 Å². The molecule has 0 saturated carbocycles. The Morgan fingerprint density at radius 1 is 0.960 bits per heavy atom. The quantitative estimate of drug-likeness (QED) is 0.418. The van der Waals surface area contributed by atoms with E-state index in [9.17, 15) is 0 Å². The van der Waals surface area contributed by atoms with Crippen molar-refractivity contribution in [2.24, 2.45) is 10.7 Å². The Labute approximate surface area is 149 Å². The molecule has 0 aliphatic carbocycles. The summed E-state index contributed by atoms with van der Waals surface area (Å²) in [5.41, 5.74) is 8.40. The van der Waals surface area contributed by atoms with E-state index >= 15 is 0 Å². The number of guanidine groups is 1. The van der Waals surface area contributed by atoms with Crippen LogP contribution in [0, 0.1) is 0 Å². The fourth-order valence-corrected chi connectivity index (χ4v) is 2.55. The highest BCUT2D eigenvalue weighted by molar-refractivity contribution is 5.77. The first-order chi connectivity index (χ1) is 12.2. The van der Waals surface area contributed by atoms with Crippen molar-refractivity contribution in [1.82, 2.24) is 5.32 Å². The minimum Gasteiger partial charge on any atom is -0.493 e. The average Bonchev–Trinajstić information content (AvgIpc) is 2.66. The highest BCUT2D eigenvalue weighted by Gasteiger charge is 2.04. The van der Waals surface area contributed by atoms with Crippen molar-refractivity contribution in [3.63, 3.8) is 0 Å². The van der Waals surface area contributed by atoms with Crippen LogP contribution in [0.2, 0.25) is 0 Å². The second-order valence-corrected chi connectivity index (χ2v) is 5.72. The first-order valence-electron chi connectivity index (χ1n) is 8.51. The SMILES string of the molecule is COc1ccc(CCNC(N)=NCCCc2ccccc2)cc1OC. The number of nitrogens with one attached hydrogen (secondary N) is 1. The van der Waals surface area contributed by atoms with E-state index in [1.54, 1.807) is 14.2 Å². The average molecular weight is 341 g/mol. The summed E-state index contributed by atoms with van der Waals surface area (Å²) in [7, 11) is 3.27. The van der Waals surface area contributed by atoms with Crippen molar-refractivity contribution in [1.29, 1.82) is 0 Å². The van der Waals surface area contributed by atoms with Gasteiger partial charge in [-0.15, -0.1) is 0 Å². The van der Waals surface area contributed by atoms with Crippen molar-refractivity contribution in [2.75, 3.05) is 27.3 Å². The molecule has 0 radical (unpaired) electrons. The first-order valence-corrected chi connectivity index (χ1v) is 8.51. The number of ether oxygens (including phenoxy) is 2. The number of aryl methyl sites for hydroxylation is 1. The van der Waals surface area contributed by atoms with Crippen LogP contribution in [0.4, 0.5) is 0 Å². The monoisotopic (exact) mass is 341 g/mol. The van der Waals surface area contributed by atoms with Gasteiger partial charge in [-0.3, -0.25) is 4.99 Å². The van der Waals surface area contributed by atoms with Gasteiger partial charge in [0, 0.05) is 13.1 Å². The van der Waals surface area contributed by atoms with E-state index in [0.29, 0.717) is 5.96 Å². The van der Waals surface area contributed by atoms with Gasteiger partial charge in [-0.25, -0.2) is 0 Å². The minimum absolute atomic E-state index is 0.494. The molecule has 25 heavy (non-hydrogen) atoms. The number of nitrogens with two attached hydrogens (primary N) is 1. The van der Waals surface area contributed by atoms with Crippen LogP contribution in [0.25, 0.3) is 0 Å². The molecular weight excluding hydrogens is 314 g/mol. The third-order valence-electron chi connectivity index (χ3n) is 3.92. The Morgan fingerprint density at radius 2 is 1.72 bits per heavy atom. The lowest BCUT2D eigenvalue weighted by molar-refractivity contribution is 0.354. The Kier molecular flexibility index (Phi) is 7.63. The minimum atomic E-state index is 0.494. The van der Waals surface area contributed by atoms with Crippen molar-refractivity contribution in [3.8, 4) is 11.5 Å². The Morgan fingerprint density at radius 3 is 2.44 bits per heavy atom. The summed E-state index contributed by atoms with van der Waals surface area (Å²) in [5, 5.41) is 3.15. The van der Waals surface area contributed by atoms with Gasteiger partial charge in [-0.05, 0) is 42.5 Å². The first kappa shape index (κ1) is 18.6. The van der Waals surface area contributed by atoms with Crippen LogP contribution in [0.3, 0.4) is 0 Å². The van der Waals surface area contributed by atoms with E-state index in [2.05, 4.69) is 34.6 Å². The van der Waals surface area contributed by atoms with Crippen LogP contribution in [0.1, 0.15) is 17.5 Å². The van der Waals surface area contributed by atoms with Gasteiger partial charge in [0.2, 0.25) is 0 Å². The Hall–Kier alpha value is -2.69. The molecule has 0 spiro atoms. The number of benzene rings is 2. The summed E-state index contributed by atoms with van der Waals surface area (Å²) < 4.78 is 10.6. The largest absolute Gasteiger partial charge is 0.493 e. The highest BCUT2D eigenvalue weighted by atomic mass is 16.5. The molecule has 2 aromatic carbocycles. The molecule has 0 saturated heterocycles. The van der Waals surface area contributed by atoms with Crippen LogP contribution >= 0.6 is 0 Å². The van der Waals surface area contributed by atoms with E-state index in [1.165, 1.54) is 5.56 Å². The predicted molar refractivity (Wildman–Crippen MR) is 103 cm³/mol. The lowest BCUT2D eigenvalue weighted by atomic mass is 10.1. The van der Waals surface area contributed by atoms with E-state index in [4.69, 9.17) is 15.2 Å². The number of hydrogen-bond acceptors (Lipinski definition) is 3. The van der Waals surface area contributed by atoms with Gasteiger partial charge in [0.25, 0.3) is 0 Å². The second kappa shape index (κ2) is 10.2. The Bertz CT molecular complexity index is 672. The molecule has 0 bridgehead atoms. The number of rotatable bonds is 9. The molecule has 0 amide bonds. The van der Waals surface area contributed by atoms with Gasteiger partial charge in [0.1, 0.15) is 0 Å². The molecule has 2 rings (SSSR count). The molecule has 2 aromatic rings. The predicted octanol–water partition coefficient (Wildman–Crippen LogP) is 2.78. The van der Waals surface area contributed by atoms with E-state index in [0.717, 1.165) is 49.4 Å². The topological polar surface area (TPSA) is 68.9 Å². The van der Waals surface area contributed by atoms with Gasteiger partial charge in [0.05, 0.1) is 14.2 Å². The van der Waals surface area contributed by atoms with Crippen molar-refractivity contribution >= 4 is 5.96 Å². The molecule has 5 heteroatoms. The molecule has 134 valence electrons. The smallest absolute Gasteiger partial charge is 0.188 e. The molecule has 0 aromatic heterocycles. The van der Waals surface area contributed by atoms with E-state index in [1.807, 2.05) is 24.3 Å². The molecule has 0 fully saturated rings. The molecule has 0 heterocycles. The zero-order valence-corrected chi connectivity index (χ0v) is 15.0. The summed E-state index contributed by atoms with van der Waals surface area (Å²) in [5.74, 6) is 1.97. The molecule has 0 aliphatic rings. The zero-order valence-electron chi connectivity index (χ0n) is 15.0. The number of hydrogen-bond donors (Lipinski definition) is 2. The fourth-order valence-electron chi connectivity index (χ4n) is 2.55. The number of nitrogens with zero attached hydrogens (tertiary/aromatic N) is 1. The molecule has 3 N–H and O–H groups in total. The molecule has 0 aliphatic heterocycles. The molecular formula is C20H27N3O2. The van der Waals surface area contributed by atoms with Gasteiger partial charge < -0.3 is 20.5 Å². The summed E-state index contributed by atoms with van der Waals surface area (Å²) >= 11 is 0. The number of aliphatic imine (C=N–C) groups is 1. The fraction of sp³-hybridized carbons (Fsp3) is 0.350. The van der Waals surface area contributed by atoms with Crippen molar-refractivity contribution in [2.45, 2.75) is 19.3 Å². The molecule has 0 unspecified atom stereocenters. The van der Waals surface area contributed by atoms with Crippen molar-refractivity contribution in [3.05, 3.63) is 59.7 Å². The maximum atomic E-state index is 5.91. The third-order valence-corrected chi connectivity index (χ3v) is 3.92. The van der Waals surface area contributed by atoms with Crippen LogP contribution in [-0.2, 0) is 12.8 Å². The lowest BCUT2D eigenvalue weighted by Gasteiger charge is -2.10. The summed E-state index contributed by atoms with van der Waals surface area (Å²) in [4.78, 5) is 4.37.